The predicted octanol–water partition coefficient (Wildman–Crippen LogP) is 6.37. The average molecular weight is 401 g/mol. The predicted molar refractivity (Wildman–Crippen MR) is 109 cm³/mol. The summed E-state index contributed by atoms with van der Waals surface area (Å²) >= 11 is 0. The minimum atomic E-state index is -1.80. The first-order valence-electron chi connectivity index (χ1n) is 10.7. The van der Waals surface area contributed by atoms with Gasteiger partial charge in [0, 0.05) is 12.0 Å². The van der Waals surface area contributed by atoms with Gasteiger partial charge in [0.05, 0.1) is 12.2 Å². The lowest BCUT2D eigenvalue weighted by molar-refractivity contribution is -0.407. The monoisotopic (exact) mass is 400 g/mol. The molecule has 1 aromatic rings. The third-order valence-electron chi connectivity index (χ3n) is 4.64. The first kappa shape index (κ1) is 25.0. The Kier molecular flexibility index (Phi) is 11.2. The van der Waals surface area contributed by atoms with Crippen molar-refractivity contribution in [2.24, 2.45) is 5.92 Å². The molecule has 0 bridgehead atoms. The Morgan fingerprint density at radius 3 is 1.86 bits per heavy atom. The molecular weight excluding hydrogens is 362 g/mol. The number of halogens is 2. The first-order chi connectivity index (χ1) is 13.2. The average Bonchev–Trinajstić information content (AvgIpc) is 2.54. The maximum atomic E-state index is 13.7. The van der Waals surface area contributed by atoms with Gasteiger partial charge in [-0.1, -0.05) is 45.4 Å². The lowest BCUT2D eigenvalue weighted by Gasteiger charge is -2.38. The summed E-state index contributed by atoms with van der Waals surface area (Å²) in [7, 11) is 0. The Labute approximate surface area is 169 Å². The minimum absolute atomic E-state index is 0.250. The van der Waals surface area contributed by atoms with Crippen LogP contribution in [0, 0.1) is 17.6 Å². The summed E-state index contributed by atoms with van der Waals surface area (Å²) in [5.74, 6) is -3.46. The van der Waals surface area contributed by atoms with Gasteiger partial charge in [0.15, 0.2) is 0 Å². The van der Waals surface area contributed by atoms with E-state index in [-0.39, 0.29) is 18.6 Å². The number of rotatable bonds is 14. The maximum absolute atomic E-state index is 13.7. The van der Waals surface area contributed by atoms with E-state index in [4.69, 9.17) is 9.47 Å². The molecule has 0 fully saturated rings. The molecule has 162 valence electrons. The van der Waals surface area contributed by atoms with Crippen molar-refractivity contribution in [1.29, 1.82) is 0 Å². The molecule has 5 heteroatoms. The highest BCUT2D eigenvalue weighted by atomic mass is 19.1. The van der Waals surface area contributed by atoms with E-state index < -0.39 is 23.5 Å². The van der Waals surface area contributed by atoms with E-state index in [0.29, 0.717) is 12.0 Å². The molecule has 3 nitrogen and oxygen atoms in total. The van der Waals surface area contributed by atoms with Gasteiger partial charge in [-0.25, -0.2) is 8.78 Å². The quantitative estimate of drug-likeness (QED) is 0.291. The number of aliphatic hydroxyl groups is 1. The zero-order valence-electron chi connectivity index (χ0n) is 18.1. The molecule has 0 radical (unpaired) electrons. The van der Waals surface area contributed by atoms with E-state index >= 15 is 0 Å². The third-order valence-corrected chi connectivity index (χ3v) is 4.64. The van der Waals surface area contributed by atoms with E-state index in [9.17, 15) is 13.9 Å². The van der Waals surface area contributed by atoms with E-state index in [1.807, 2.05) is 27.7 Å². The molecule has 1 atom stereocenters. The highest BCUT2D eigenvalue weighted by Gasteiger charge is 2.41. The zero-order chi connectivity index (χ0) is 21.2. The second-order valence-electron chi connectivity index (χ2n) is 8.20. The largest absolute Gasteiger partial charge is 0.343 e. The Balaban J connectivity index is 2.95. The van der Waals surface area contributed by atoms with Crippen LogP contribution in [0.2, 0.25) is 0 Å². The Morgan fingerprint density at radius 2 is 1.36 bits per heavy atom. The van der Waals surface area contributed by atoms with Crippen LogP contribution in [0.15, 0.2) is 18.2 Å². The zero-order valence-corrected chi connectivity index (χ0v) is 18.1. The molecular formula is C23H38F2O3. The summed E-state index contributed by atoms with van der Waals surface area (Å²) in [6.45, 7) is 9.51. The summed E-state index contributed by atoms with van der Waals surface area (Å²) in [4.78, 5) is 0. The molecule has 0 aromatic heterocycles. The van der Waals surface area contributed by atoms with Crippen molar-refractivity contribution in [3.63, 3.8) is 0 Å². The van der Waals surface area contributed by atoms with Crippen LogP contribution < -0.4 is 0 Å². The van der Waals surface area contributed by atoms with Crippen LogP contribution in [-0.2, 0) is 15.9 Å². The summed E-state index contributed by atoms with van der Waals surface area (Å²) in [5.41, 5.74) is 0.492. The molecule has 1 unspecified atom stereocenters. The maximum Gasteiger partial charge on any atom is 0.284 e. The molecule has 1 N–H and O–H groups in total. The van der Waals surface area contributed by atoms with Crippen LogP contribution in [-0.4, -0.2) is 23.3 Å². The topological polar surface area (TPSA) is 38.7 Å². The Bertz CT molecular complexity index is 531. The van der Waals surface area contributed by atoms with Gasteiger partial charge in [-0.15, -0.1) is 0 Å². The molecule has 28 heavy (non-hydrogen) atoms. The van der Waals surface area contributed by atoms with E-state index in [0.717, 1.165) is 25.3 Å². The summed E-state index contributed by atoms with van der Waals surface area (Å²) < 4.78 is 38.9. The molecule has 1 aromatic carbocycles. The van der Waals surface area contributed by atoms with Gasteiger partial charge in [0.1, 0.15) is 11.6 Å². The minimum Gasteiger partial charge on any atom is -0.343 e. The molecule has 0 heterocycles. The Hall–Kier alpha value is -1.04. The van der Waals surface area contributed by atoms with Gasteiger partial charge in [-0.2, -0.15) is 0 Å². The van der Waals surface area contributed by atoms with Crippen LogP contribution in [0.3, 0.4) is 0 Å². The van der Waals surface area contributed by atoms with E-state index in [1.54, 1.807) is 0 Å². The highest BCUT2D eigenvalue weighted by Crippen LogP contribution is 2.32. The van der Waals surface area contributed by atoms with Gasteiger partial charge in [0.25, 0.3) is 5.97 Å². The smallest absolute Gasteiger partial charge is 0.284 e. The summed E-state index contributed by atoms with van der Waals surface area (Å²) in [5, 5.41) is 11.2. The summed E-state index contributed by atoms with van der Waals surface area (Å²) in [6, 6.07) is 3.47. The van der Waals surface area contributed by atoms with Crippen LogP contribution in [0.4, 0.5) is 8.78 Å². The van der Waals surface area contributed by atoms with E-state index in [1.165, 1.54) is 31.4 Å². The molecule has 0 aliphatic rings. The highest BCUT2D eigenvalue weighted by molar-refractivity contribution is 5.18. The molecule has 0 aliphatic carbocycles. The number of hydrogen-bond acceptors (Lipinski definition) is 3. The number of benzene rings is 1. The SMILES string of the molecule is CCCCCCCCC(Cc1cc(F)cc(F)c1)C(O)(OC(C)C)OC(C)C. The van der Waals surface area contributed by atoms with Gasteiger partial charge >= 0.3 is 0 Å². The fourth-order valence-electron chi connectivity index (χ4n) is 3.49. The van der Waals surface area contributed by atoms with Gasteiger partial charge in [-0.05, 0) is 58.2 Å². The second kappa shape index (κ2) is 12.5. The van der Waals surface area contributed by atoms with Crippen LogP contribution >= 0.6 is 0 Å². The van der Waals surface area contributed by atoms with Crippen LogP contribution in [0.25, 0.3) is 0 Å². The fraction of sp³-hybridized carbons (Fsp3) is 0.739. The summed E-state index contributed by atoms with van der Waals surface area (Å²) in [6.07, 6.45) is 7.14. The van der Waals surface area contributed by atoms with Crippen molar-refractivity contribution in [3.05, 3.63) is 35.4 Å². The third kappa shape index (κ3) is 9.44. The van der Waals surface area contributed by atoms with Gasteiger partial charge < -0.3 is 14.6 Å². The van der Waals surface area contributed by atoms with Crippen molar-refractivity contribution in [3.8, 4) is 0 Å². The fourth-order valence-corrected chi connectivity index (χ4v) is 3.49. The molecule has 0 saturated carbocycles. The number of hydrogen-bond donors (Lipinski definition) is 1. The first-order valence-corrected chi connectivity index (χ1v) is 10.7. The molecule has 0 spiro atoms. The number of unbranched alkanes of at least 4 members (excludes halogenated alkanes) is 5. The molecule has 0 saturated heterocycles. The second-order valence-corrected chi connectivity index (χ2v) is 8.20. The Morgan fingerprint density at radius 1 is 0.857 bits per heavy atom. The van der Waals surface area contributed by atoms with Gasteiger partial charge in [-0.3, -0.25) is 0 Å². The molecule has 0 amide bonds. The lowest BCUT2D eigenvalue weighted by atomic mass is 9.90. The van der Waals surface area contributed by atoms with Crippen LogP contribution in [0.1, 0.15) is 85.1 Å². The van der Waals surface area contributed by atoms with Crippen LogP contribution in [0.5, 0.6) is 0 Å². The van der Waals surface area contributed by atoms with Crippen molar-refractivity contribution in [2.45, 2.75) is 104 Å². The van der Waals surface area contributed by atoms with Crippen molar-refractivity contribution in [1.82, 2.24) is 0 Å². The number of ether oxygens (including phenoxy) is 2. The van der Waals surface area contributed by atoms with Crippen molar-refractivity contribution < 1.29 is 23.4 Å². The van der Waals surface area contributed by atoms with Crippen molar-refractivity contribution >= 4 is 0 Å². The van der Waals surface area contributed by atoms with Crippen molar-refractivity contribution in [2.75, 3.05) is 0 Å². The molecule has 0 aliphatic heterocycles. The standard InChI is InChI=1S/C23H38F2O3/c1-6-7-8-9-10-11-12-20(13-19-14-21(24)16-22(25)15-19)23(26,27-17(2)3)28-18(4)5/h14-18,20,26H,6-13H2,1-5H3. The molecule has 1 rings (SSSR count). The normalized spacial score (nSPS) is 13.5. The lowest BCUT2D eigenvalue weighted by Crippen LogP contribution is -2.48. The van der Waals surface area contributed by atoms with E-state index in [2.05, 4.69) is 6.92 Å². The van der Waals surface area contributed by atoms with Gasteiger partial charge in [0.2, 0.25) is 0 Å².